The van der Waals surface area contributed by atoms with Crippen molar-refractivity contribution in [3.8, 4) is 0 Å². The van der Waals surface area contributed by atoms with Gasteiger partial charge in [0.1, 0.15) is 0 Å². The second-order valence-corrected chi connectivity index (χ2v) is 2.08. The Bertz CT molecular complexity index is 167. The van der Waals surface area contributed by atoms with E-state index in [1.807, 2.05) is 0 Å². The first-order valence-electron chi connectivity index (χ1n) is 3.71. The maximum absolute atomic E-state index is 9.00. The monoisotopic (exact) mass is 484 g/mol. The number of hydrogen-bond acceptors (Lipinski definition) is 4. The third kappa shape index (κ3) is 4830. The van der Waals surface area contributed by atoms with Crippen LogP contribution in [0.4, 0.5) is 0 Å². The van der Waals surface area contributed by atoms with E-state index in [0.717, 1.165) is 27.7 Å². The van der Waals surface area contributed by atoms with Crippen molar-refractivity contribution in [3.05, 3.63) is 0 Å². The third-order valence-electron chi connectivity index (χ3n) is 0. The van der Waals surface area contributed by atoms with Crippen LogP contribution in [0.15, 0.2) is 0 Å². The fourth-order valence-corrected chi connectivity index (χ4v) is 0. The Morgan fingerprint density at radius 3 is 0.500 bits per heavy atom. The maximum atomic E-state index is 9.00. The first-order valence-corrected chi connectivity index (χ1v) is 3.71. The second-order valence-electron chi connectivity index (χ2n) is 2.08. The summed E-state index contributed by atoms with van der Waals surface area (Å²) >= 11 is 0. The van der Waals surface area contributed by atoms with E-state index in [-0.39, 0.29) is 49.9 Å². The summed E-state index contributed by atoms with van der Waals surface area (Å²) in [5, 5.41) is 29.7. The molecule has 0 aromatic heterocycles. The Balaban J connectivity index is -0.0000000150. The Labute approximate surface area is 141 Å². The van der Waals surface area contributed by atoms with E-state index < -0.39 is 23.9 Å². The van der Waals surface area contributed by atoms with Crippen LogP contribution in [0.3, 0.4) is 0 Å². The third-order valence-corrected chi connectivity index (χ3v) is 0. The van der Waals surface area contributed by atoms with Gasteiger partial charge in [-0.2, -0.15) is 0 Å². The molecule has 0 aliphatic heterocycles. The summed E-state index contributed by atoms with van der Waals surface area (Å²) in [6.45, 7) is 4.33. The van der Waals surface area contributed by atoms with Crippen molar-refractivity contribution in [2.75, 3.05) is 0 Å². The van der Waals surface area contributed by atoms with Gasteiger partial charge in [0.25, 0.3) is 23.9 Å². The van der Waals surface area contributed by atoms with E-state index >= 15 is 0 Å². The zero-order valence-corrected chi connectivity index (χ0v) is 14.5. The molecular weight excluding hydrogens is 462 g/mol. The summed E-state index contributed by atoms with van der Waals surface area (Å²) in [6, 6.07) is 0. The van der Waals surface area contributed by atoms with Gasteiger partial charge in [-0.25, -0.2) is 0 Å². The average Bonchev–Trinajstić information content (AvgIpc) is 1.76. The van der Waals surface area contributed by atoms with E-state index in [9.17, 15) is 0 Å². The number of carbonyl (C=O) groups is 4. The summed E-state index contributed by atoms with van der Waals surface area (Å²) in [6.07, 6.45) is 0. The minimum absolute atomic E-state index is 0. The average molecular weight is 484 g/mol. The predicted octanol–water partition coefficient (Wildman–Crippen LogP) is -1.49. The first-order chi connectivity index (χ1) is 6.93. The molecule has 0 saturated carbocycles. The molecule has 2 radical (unpaired) electrons. The smallest absolute Gasteiger partial charge is 0.300 e. The molecule has 0 rings (SSSR count). The van der Waals surface area contributed by atoms with Crippen LogP contribution in [0.5, 0.6) is 0 Å². The Morgan fingerprint density at radius 2 is 0.500 bits per heavy atom. The van der Waals surface area contributed by atoms with Crippen LogP contribution in [-0.2, 0) is 69.1 Å². The van der Waals surface area contributed by atoms with E-state index in [1.165, 1.54) is 0 Å². The van der Waals surface area contributed by atoms with Gasteiger partial charge in [0.05, 0.1) is 0 Å². The molecule has 0 aliphatic carbocycles. The normalized spacial score (nSPS) is 5.00. The standard InChI is InChI=1S/4C2H4O2.2H2O.2Rh/c4*1-2(3)4;;;;/h4*1H3,(H,3,4);2*1H2;;/p+2. The van der Waals surface area contributed by atoms with Gasteiger partial charge in [-0.3, -0.25) is 19.2 Å². The van der Waals surface area contributed by atoms with Gasteiger partial charge in [-0.05, 0) is 0 Å². The minimum atomic E-state index is -0.833. The van der Waals surface area contributed by atoms with Crippen LogP contribution in [0.1, 0.15) is 27.7 Å². The number of carboxylic acid groups (broad SMARTS) is 4. The van der Waals surface area contributed by atoms with Gasteiger partial charge in [0, 0.05) is 66.7 Å². The van der Waals surface area contributed by atoms with Crippen LogP contribution in [0, 0.1) is 0 Å². The van der Waals surface area contributed by atoms with Gasteiger partial charge in [0.2, 0.25) is 0 Å². The number of rotatable bonds is 0. The van der Waals surface area contributed by atoms with Crippen LogP contribution >= 0.6 is 0 Å². The van der Waals surface area contributed by atoms with Crippen molar-refractivity contribution < 1.29 is 89.5 Å². The molecule has 0 aromatic rings. The number of hydrogen-bond donors (Lipinski definition) is 4. The van der Waals surface area contributed by atoms with E-state index in [4.69, 9.17) is 39.6 Å². The molecule has 0 amide bonds. The fraction of sp³-hybridized carbons (Fsp3) is 0.500. The molecule has 10 N–H and O–H groups in total. The molecule has 0 aliphatic rings. The van der Waals surface area contributed by atoms with Crippen molar-refractivity contribution in [2.24, 2.45) is 0 Å². The van der Waals surface area contributed by atoms with Crippen LogP contribution in [0.25, 0.3) is 0 Å². The zero-order valence-electron chi connectivity index (χ0n) is 11.2. The van der Waals surface area contributed by atoms with Crippen LogP contribution < -0.4 is 0 Å². The molecule has 0 atom stereocenters. The molecule has 12 heteroatoms. The molecule has 0 unspecified atom stereocenters. The molecule has 0 aromatic carbocycles. The Kier molecular flexibility index (Phi) is 109. The predicted molar refractivity (Wildman–Crippen MR) is 63.0 cm³/mol. The van der Waals surface area contributed by atoms with Crippen LogP contribution in [0.2, 0.25) is 0 Å². The largest absolute Gasteiger partial charge is 0.481 e. The van der Waals surface area contributed by atoms with Gasteiger partial charge < -0.3 is 31.4 Å². The molecule has 0 heterocycles. The van der Waals surface area contributed by atoms with Crippen LogP contribution in [-0.4, -0.2) is 44.3 Å². The molecule has 130 valence electrons. The van der Waals surface area contributed by atoms with Crippen molar-refractivity contribution in [1.29, 1.82) is 0 Å². The minimum Gasteiger partial charge on any atom is -0.481 e. The Hall–Kier alpha value is -0.953. The number of aliphatic carboxylic acids is 4. The fourth-order valence-electron chi connectivity index (χ4n) is 0. The molecule has 10 nitrogen and oxygen atoms in total. The molecule has 20 heavy (non-hydrogen) atoms. The summed E-state index contributed by atoms with van der Waals surface area (Å²) in [4.78, 5) is 36.0. The van der Waals surface area contributed by atoms with Gasteiger partial charge in [0.15, 0.2) is 0 Å². The molecule has 0 spiro atoms. The molecular formula is C8H22O10Rh2+2. The van der Waals surface area contributed by atoms with Gasteiger partial charge in [-0.1, -0.05) is 0 Å². The molecule has 0 fully saturated rings. The molecule has 0 bridgehead atoms. The summed E-state index contributed by atoms with van der Waals surface area (Å²) in [5.41, 5.74) is 0. The number of carboxylic acids is 4. The Morgan fingerprint density at radius 1 is 0.500 bits per heavy atom. The quantitative estimate of drug-likeness (QED) is 0.234. The SMILES string of the molecule is CC(=O)O.CC(=O)O.CC(=O)O.CC(=O)O.[OH3+].[OH3+].[Rh].[Rh]. The van der Waals surface area contributed by atoms with E-state index in [0.29, 0.717) is 0 Å². The maximum Gasteiger partial charge on any atom is 0.300 e. The zero-order chi connectivity index (χ0) is 14.3. The van der Waals surface area contributed by atoms with Crippen molar-refractivity contribution in [2.45, 2.75) is 27.7 Å². The van der Waals surface area contributed by atoms with E-state index in [2.05, 4.69) is 0 Å². The van der Waals surface area contributed by atoms with E-state index in [1.54, 1.807) is 0 Å². The second kappa shape index (κ2) is 43.0. The summed E-state index contributed by atoms with van der Waals surface area (Å²) in [5.74, 6) is -3.33. The summed E-state index contributed by atoms with van der Waals surface area (Å²) in [7, 11) is 0. The van der Waals surface area contributed by atoms with Crippen molar-refractivity contribution in [3.63, 3.8) is 0 Å². The van der Waals surface area contributed by atoms with Gasteiger partial charge >= 0.3 is 0 Å². The first kappa shape index (κ1) is 50.8. The topological polar surface area (TPSA) is 215 Å². The van der Waals surface area contributed by atoms with Gasteiger partial charge in [-0.15, -0.1) is 0 Å². The summed E-state index contributed by atoms with van der Waals surface area (Å²) < 4.78 is 0. The van der Waals surface area contributed by atoms with Crippen molar-refractivity contribution >= 4 is 23.9 Å². The molecule has 0 saturated heterocycles. The van der Waals surface area contributed by atoms with Crippen molar-refractivity contribution in [1.82, 2.24) is 0 Å².